The number of aromatic carboxylic acids is 1. The molecule has 0 aliphatic rings. The molecule has 0 fully saturated rings. The van der Waals surface area contributed by atoms with Crippen molar-refractivity contribution in [3.8, 4) is 11.3 Å². The number of hydrogen-bond donors (Lipinski definition) is 1. The van der Waals surface area contributed by atoms with Crippen LogP contribution in [0.4, 0.5) is 0 Å². The van der Waals surface area contributed by atoms with Gasteiger partial charge in [0.15, 0.2) is 0 Å². The first-order valence-electron chi connectivity index (χ1n) is 4.30. The van der Waals surface area contributed by atoms with E-state index in [1.54, 1.807) is 31.5 Å². The van der Waals surface area contributed by atoms with Crippen molar-refractivity contribution in [2.75, 3.05) is 0 Å². The zero-order chi connectivity index (χ0) is 10.8. The van der Waals surface area contributed by atoms with Gasteiger partial charge in [-0.15, -0.1) is 0 Å². The molecule has 0 aromatic carbocycles. The molecule has 2 heterocycles. The Balaban J connectivity index is 2.52. The van der Waals surface area contributed by atoms with Crippen LogP contribution in [0.3, 0.4) is 0 Å². The molecule has 1 N–H and O–H groups in total. The van der Waals surface area contributed by atoms with Gasteiger partial charge < -0.3 is 9.63 Å². The van der Waals surface area contributed by atoms with Crippen molar-refractivity contribution in [3.63, 3.8) is 0 Å². The van der Waals surface area contributed by atoms with Crippen molar-refractivity contribution >= 4 is 5.97 Å². The van der Waals surface area contributed by atoms with E-state index in [1.165, 1.54) is 0 Å². The third kappa shape index (κ3) is 1.59. The molecule has 0 aliphatic heterocycles. The zero-order valence-corrected chi connectivity index (χ0v) is 7.97. The van der Waals surface area contributed by atoms with Gasteiger partial charge in [-0.2, -0.15) is 0 Å². The molecule has 0 amide bonds. The van der Waals surface area contributed by atoms with Crippen LogP contribution in [0, 0.1) is 6.92 Å². The summed E-state index contributed by atoms with van der Waals surface area (Å²) in [6, 6.07) is 3.49. The van der Waals surface area contributed by atoms with Crippen molar-refractivity contribution in [1.82, 2.24) is 10.1 Å². The minimum Gasteiger partial charge on any atom is -0.475 e. The topological polar surface area (TPSA) is 76.2 Å². The van der Waals surface area contributed by atoms with Gasteiger partial charge in [-0.1, -0.05) is 5.16 Å². The molecule has 2 rings (SSSR count). The predicted molar refractivity (Wildman–Crippen MR) is 51.4 cm³/mol. The van der Waals surface area contributed by atoms with Crippen LogP contribution in [0.25, 0.3) is 11.3 Å². The Bertz CT molecular complexity index is 491. The molecule has 0 saturated carbocycles. The van der Waals surface area contributed by atoms with E-state index in [0.29, 0.717) is 11.3 Å². The summed E-state index contributed by atoms with van der Waals surface area (Å²) >= 11 is 0. The lowest BCUT2D eigenvalue weighted by Crippen LogP contribution is -1.95. The summed E-state index contributed by atoms with van der Waals surface area (Å²) in [7, 11) is 0. The maximum atomic E-state index is 10.7. The average molecular weight is 204 g/mol. The first-order chi connectivity index (χ1) is 7.20. The van der Waals surface area contributed by atoms with Crippen LogP contribution < -0.4 is 0 Å². The lowest BCUT2D eigenvalue weighted by Gasteiger charge is -1.95. The smallest absolute Gasteiger partial charge is 0.375 e. The Labute approximate surface area is 85.4 Å². The van der Waals surface area contributed by atoms with E-state index in [4.69, 9.17) is 9.63 Å². The van der Waals surface area contributed by atoms with Crippen LogP contribution in [0.1, 0.15) is 16.1 Å². The molecule has 2 aromatic rings. The van der Waals surface area contributed by atoms with Gasteiger partial charge >= 0.3 is 5.97 Å². The quantitative estimate of drug-likeness (QED) is 0.806. The highest BCUT2D eigenvalue weighted by Gasteiger charge is 2.18. The Morgan fingerprint density at radius 2 is 2.07 bits per heavy atom. The first-order valence-corrected chi connectivity index (χ1v) is 4.30. The third-order valence-electron chi connectivity index (χ3n) is 2.07. The number of carbonyl (C=O) groups is 1. The number of aromatic nitrogens is 2. The van der Waals surface area contributed by atoms with Gasteiger partial charge in [-0.25, -0.2) is 4.79 Å². The SMILES string of the molecule is Cc1c(-c2ccncc2)noc1C(=O)O. The van der Waals surface area contributed by atoms with Gasteiger partial charge in [-0.05, 0) is 19.1 Å². The summed E-state index contributed by atoms with van der Waals surface area (Å²) in [5.74, 6) is -1.23. The van der Waals surface area contributed by atoms with Gasteiger partial charge in [0.1, 0.15) is 5.69 Å². The highest BCUT2D eigenvalue weighted by molar-refractivity contribution is 5.88. The average Bonchev–Trinajstić information content (AvgIpc) is 2.61. The maximum absolute atomic E-state index is 10.7. The van der Waals surface area contributed by atoms with Gasteiger partial charge in [-0.3, -0.25) is 4.98 Å². The van der Waals surface area contributed by atoms with Crippen LogP contribution >= 0.6 is 0 Å². The number of carboxylic acid groups (broad SMARTS) is 1. The molecular formula is C10H8N2O3. The van der Waals surface area contributed by atoms with Crippen molar-refractivity contribution in [1.29, 1.82) is 0 Å². The van der Waals surface area contributed by atoms with E-state index in [2.05, 4.69) is 10.1 Å². The minimum absolute atomic E-state index is 0.123. The second-order valence-corrected chi connectivity index (χ2v) is 3.03. The summed E-state index contributed by atoms with van der Waals surface area (Å²) < 4.78 is 4.74. The van der Waals surface area contributed by atoms with Crippen LogP contribution in [-0.2, 0) is 0 Å². The van der Waals surface area contributed by atoms with Gasteiger partial charge in [0.25, 0.3) is 0 Å². The molecule has 5 heteroatoms. The van der Waals surface area contributed by atoms with Crippen molar-refractivity contribution in [2.45, 2.75) is 6.92 Å². The van der Waals surface area contributed by atoms with Crippen LogP contribution in [-0.4, -0.2) is 21.2 Å². The minimum atomic E-state index is -1.11. The lowest BCUT2D eigenvalue weighted by atomic mass is 10.1. The second-order valence-electron chi connectivity index (χ2n) is 3.03. The van der Waals surface area contributed by atoms with E-state index in [9.17, 15) is 4.79 Å². The highest BCUT2D eigenvalue weighted by Crippen LogP contribution is 2.23. The molecule has 0 saturated heterocycles. The molecule has 2 aromatic heterocycles. The molecule has 5 nitrogen and oxygen atoms in total. The van der Waals surface area contributed by atoms with Gasteiger partial charge in [0.05, 0.1) is 0 Å². The molecular weight excluding hydrogens is 196 g/mol. The Morgan fingerprint density at radius 1 is 1.40 bits per heavy atom. The van der Waals surface area contributed by atoms with Crippen molar-refractivity contribution < 1.29 is 14.4 Å². The van der Waals surface area contributed by atoms with Crippen LogP contribution in [0.5, 0.6) is 0 Å². The summed E-state index contributed by atoms with van der Waals surface area (Å²) in [5.41, 5.74) is 1.85. The predicted octanol–water partition coefficient (Wildman–Crippen LogP) is 1.74. The second kappa shape index (κ2) is 3.53. The molecule has 0 unspecified atom stereocenters. The summed E-state index contributed by atoms with van der Waals surface area (Å²) in [4.78, 5) is 14.6. The number of nitrogens with zero attached hydrogens (tertiary/aromatic N) is 2. The van der Waals surface area contributed by atoms with Crippen LogP contribution in [0.2, 0.25) is 0 Å². The summed E-state index contributed by atoms with van der Waals surface area (Å²) in [5, 5.41) is 12.5. The molecule has 76 valence electrons. The summed E-state index contributed by atoms with van der Waals surface area (Å²) in [6.07, 6.45) is 3.23. The van der Waals surface area contributed by atoms with Crippen molar-refractivity contribution in [3.05, 3.63) is 35.9 Å². The first kappa shape index (κ1) is 9.39. The fourth-order valence-corrected chi connectivity index (χ4v) is 1.31. The summed E-state index contributed by atoms with van der Waals surface area (Å²) in [6.45, 7) is 1.66. The molecule has 15 heavy (non-hydrogen) atoms. The largest absolute Gasteiger partial charge is 0.475 e. The van der Waals surface area contributed by atoms with E-state index < -0.39 is 5.97 Å². The normalized spacial score (nSPS) is 10.2. The Morgan fingerprint density at radius 3 is 2.60 bits per heavy atom. The Kier molecular flexibility index (Phi) is 2.21. The molecule has 0 atom stereocenters. The monoisotopic (exact) mass is 204 g/mol. The standard InChI is InChI=1S/C10H8N2O3/c1-6-8(7-2-4-11-5-3-7)12-15-9(6)10(13)14/h2-5H,1H3,(H,13,14). The van der Waals surface area contributed by atoms with E-state index in [-0.39, 0.29) is 5.76 Å². The Hall–Kier alpha value is -2.17. The molecule has 0 spiro atoms. The fourth-order valence-electron chi connectivity index (χ4n) is 1.31. The number of pyridine rings is 1. The highest BCUT2D eigenvalue weighted by atomic mass is 16.5. The zero-order valence-electron chi connectivity index (χ0n) is 7.97. The van der Waals surface area contributed by atoms with Gasteiger partial charge in [0, 0.05) is 23.5 Å². The van der Waals surface area contributed by atoms with Crippen molar-refractivity contribution in [2.24, 2.45) is 0 Å². The van der Waals surface area contributed by atoms with Crippen LogP contribution in [0.15, 0.2) is 29.0 Å². The number of rotatable bonds is 2. The maximum Gasteiger partial charge on any atom is 0.375 e. The molecule has 0 aliphatic carbocycles. The molecule has 0 bridgehead atoms. The fraction of sp³-hybridized carbons (Fsp3) is 0.100. The number of hydrogen-bond acceptors (Lipinski definition) is 4. The lowest BCUT2D eigenvalue weighted by molar-refractivity contribution is 0.0651. The van der Waals surface area contributed by atoms with E-state index >= 15 is 0 Å². The van der Waals surface area contributed by atoms with E-state index in [1.807, 2.05) is 0 Å². The third-order valence-corrected chi connectivity index (χ3v) is 2.07. The molecule has 0 radical (unpaired) electrons. The number of carboxylic acids is 1. The van der Waals surface area contributed by atoms with Gasteiger partial charge in [0.2, 0.25) is 5.76 Å². The van der Waals surface area contributed by atoms with E-state index in [0.717, 1.165) is 5.56 Å².